The number of halogens is 1. The molecule has 0 saturated carbocycles. The van der Waals surface area contributed by atoms with Gasteiger partial charge in [-0.3, -0.25) is 14.8 Å². The van der Waals surface area contributed by atoms with Crippen LogP contribution in [0, 0.1) is 0 Å². The number of aromatic nitrogens is 4. The number of nitrogens with zero attached hydrogens (tertiary/aromatic N) is 2. The van der Waals surface area contributed by atoms with Gasteiger partial charge >= 0.3 is 5.69 Å². The number of hydrogen-bond acceptors (Lipinski definition) is 4. The van der Waals surface area contributed by atoms with Crippen LogP contribution >= 0.6 is 11.6 Å². The molecule has 2 N–H and O–H groups in total. The van der Waals surface area contributed by atoms with Gasteiger partial charge in [-0.1, -0.05) is 23.7 Å². The van der Waals surface area contributed by atoms with E-state index < -0.39 is 11.2 Å². The van der Waals surface area contributed by atoms with Gasteiger partial charge in [0, 0.05) is 10.6 Å². The second-order valence-electron chi connectivity index (χ2n) is 3.91. The van der Waals surface area contributed by atoms with Crippen molar-refractivity contribution in [3.8, 4) is 11.3 Å². The molecule has 0 aliphatic rings. The molecule has 0 amide bonds. The first-order valence-corrected chi connectivity index (χ1v) is 5.77. The quantitative estimate of drug-likeness (QED) is 0.700. The summed E-state index contributed by atoms with van der Waals surface area (Å²) in [6, 6.07) is 8.57. The predicted octanol–water partition coefficient (Wildman–Crippen LogP) is 1.33. The van der Waals surface area contributed by atoms with Crippen LogP contribution in [0.4, 0.5) is 0 Å². The van der Waals surface area contributed by atoms with Crippen LogP contribution in [-0.2, 0) is 0 Å². The van der Waals surface area contributed by atoms with Gasteiger partial charge in [-0.2, -0.15) is 0 Å². The molecular weight excluding hydrogens is 268 g/mol. The summed E-state index contributed by atoms with van der Waals surface area (Å²) in [6.45, 7) is 0. The molecule has 94 valence electrons. The predicted molar refractivity (Wildman–Crippen MR) is 71.2 cm³/mol. The Kier molecular flexibility index (Phi) is 2.64. The van der Waals surface area contributed by atoms with E-state index in [1.54, 1.807) is 30.3 Å². The lowest BCUT2D eigenvalue weighted by Crippen LogP contribution is -2.22. The van der Waals surface area contributed by atoms with Crippen molar-refractivity contribution in [2.75, 3.05) is 0 Å². The fraction of sp³-hybridized carbons (Fsp3) is 0. The zero-order valence-corrected chi connectivity index (χ0v) is 10.2. The van der Waals surface area contributed by atoms with Crippen LogP contribution in [0.2, 0.25) is 5.02 Å². The van der Waals surface area contributed by atoms with E-state index in [9.17, 15) is 9.59 Å². The van der Waals surface area contributed by atoms with Gasteiger partial charge in [0.2, 0.25) is 0 Å². The van der Waals surface area contributed by atoms with Gasteiger partial charge in [0.1, 0.15) is 0 Å². The summed E-state index contributed by atoms with van der Waals surface area (Å²) in [5.41, 5.74) is 0.368. The number of benzene rings is 1. The minimum Gasteiger partial charge on any atom is -0.290 e. The topological polar surface area (TPSA) is 91.5 Å². The first-order valence-electron chi connectivity index (χ1n) is 5.39. The molecule has 0 unspecified atom stereocenters. The van der Waals surface area contributed by atoms with Crippen LogP contribution in [0.5, 0.6) is 0 Å². The van der Waals surface area contributed by atoms with Crippen LogP contribution in [0.15, 0.2) is 39.9 Å². The first-order chi connectivity index (χ1) is 9.13. The Hall–Kier alpha value is -2.47. The summed E-state index contributed by atoms with van der Waals surface area (Å²) in [6.07, 6.45) is 0. The van der Waals surface area contributed by atoms with Gasteiger partial charge < -0.3 is 0 Å². The summed E-state index contributed by atoms with van der Waals surface area (Å²) in [4.78, 5) is 27.3. The van der Waals surface area contributed by atoms with E-state index in [1.807, 2.05) is 0 Å². The molecule has 3 rings (SSSR count). The van der Waals surface area contributed by atoms with Crippen molar-refractivity contribution in [1.82, 2.24) is 20.2 Å². The highest BCUT2D eigenvalue weighted by Crippen LogP contribution is 2.20. The molecule has 0 aliphatic carbocycles. The molecular formula is C12H7ClN4O2. The highest BCUT2D eigenvalue weighted by molar-refractivity contribution is 6.30. The average molecular weight is 275 g/mol. The third kappa shape index (κ3) is 2.13. The van der Waals surface area contributed by atoms with E-state index in [1.165, 1.54) is 0 Å². The Morgan fingerprint density at radius 2 is 1.74 bits per heavy atom. The third-order valence-corrected chi connectivity index (χ3v) is 2.89. The van der Waals surface area contributed by atoms with E-state index in [0.29, 0.717) is 10.7 Å². The van der Waals surface area contributed by atoms with Gasteiger partial charge in [0.25, 0.3) is 5.56 Å². The maximum Gasteiger partial charge on any atom is 0.327 e. The molecule has 3 aromatic rings. The summed E-state index contributed by atoms with van der Waals surface area (Å²) in [5.74, 6) is 0. The summed E-state index contributed by atoms with van der Waals surface area (Å²) >= 11 is 5.81. The molecule has 1 aromatic carbocycles. The Labute approximate surface area is 111 Å². The fourth-order valence-corrected chi connectivity index (χ4v) is 1.85. The lowest BCUT2D eigenvalue weighted by atomic mass is 10.1. The molecule has 0 saturated heterocycles. The van der Waals surface area contributed by atoms with E-state index in [0.717, 1.165) is 5.56 Å². The zero-order valence-electron chi connectivity index (χ0n) is 9.48. The minimum absolute atomic E-state index is 0.159. The van der Waals surface area contributed by atoms with Gasteiger partial charge in [-0.15, -0.1) is 10.2 Å². The van der Waals surface area contributed by atoms with E-state index in [2.05, 4.69) is 20.2 Å². The van der Waals surface area contributed by atoms with Crippen LogP contribution in [0.3, 0.4) is 0 Å². The van der Waals surface area contributed by atoms with Crippen molar-refractivity contribution < 1.29 is 0 Å². The van der Waals surface area contributed by atoms with Crippen molar-refractivity contribution >= 4 is 22.6 Å². The van der Waals surface area contributed by atoms with Crippen LogP contribution in [0.1, 0.15) is 0 Å². The van der Waals surface area contributed by atoms with E-state index >= 15 is 0 Å². The zero-order chi connectivity index (χ0) is 13.4. The number of fused-ring (bicyclic) bond motifs is 1. The first kappa shape index (κ1) is 11.6. The minimum atomic E-state index is -0.606. The molecule has 0 spiro atoms. The Morgan fingerprint density at radius 3 is 2.47 bits per heavy atom. The van der Waals surface area contributed by atoms with Crippen LogP contribution in [-0.4, -0.2) is 20.2 Å². The van der Waals surface area contributed by atoms with Crippen molar-refractivity contribution in [2.45, 2.75) is 0 Å². The second-order valence-corrected chi connectivity index (χ2v) is 4.34. The molecule has 7 heteroatoms. The van der Waals surface area contributed by atoms with Crippen LogP contribution in [0.25, 0.3) is 22.3 Å². The summed E-state index contributed by atoms with van der Waals surface area (Å²) in [7, 11) is 0. The van der Waals surface area contributed by atoms with Crippen molar-refractivity contribution in [1.29, 1.82) is 0 Å². The monoisotopic (exact) mass is 274 g/mol. The normalized spacial score (nSPS) is 10.8. The highest BCUT2D eigenvalue weighted by Gasteiger charge is 2.06. The number of H-pyrrole nitrogens is 2. The smallest absolute Gasteiger partial charge is 0.290 e. The molecule has 6 nitrogen and oxygen atoms in total. The van der Waals surface area contributed by atoms with Gasteiger partial charge in [-0.25, -0.2) is 4.79 Å². The lowest BCUT2D eigenvalue weighted by molar-refractivity contribution is 1.00. The van der Waals surface area contributed by atoms with E-state index in [-0.39, 0.29) is 11.0 Å². The third-order valence-electron chi connectivity index (χ3n) is 2.64. The summed E-state index contributed by atoms with van der Waals surface area (Å²) < 4.78 is 0. The molecule has 0 fully saturated rings. The number of nitrogens with one attached hydrogen (secondary N) is 2. The Balaban J connectivity index is 2.24. The molecule has 0 radical (unpaired) electrons. The average Bonchev–Trinajstić information content (AvgIpc) is 2.39. The standard InChI is InChI=1S/C12H7ClN4O2/c13-7-3-1-6(2-4-7)9-5-8-10(17-16-9)14-12(19)15-11(8)18/h1-5H,(H2,14,15,17,18,19). The SMILES string of the molecule is O=c1[nH]c(=O)c2cc(-c3ccc(Cl)cc3)nnc2[nH]1. The van der Waals surface area contributed by atoms with Gasteiger partial charge in [0.15, 0.2) is 5.65 Å². The van der Waals surface area contributed by atoms with Crippen molar-refractivity contribution in [3.05, 3.63) is 56.2 Å². The molecule has 2 aromatic heterocycles. The van der Waals surface area contributed by atoms with Gasteiger partial charge in [0.05, 0.1) is 11.1 Å². The molecule has 2 heterocycles. The molecule has 0 aliphatic heterocycles. The molecule has 0 atom stereocenters. The van der Waals surface area contributed by atoms with Crippen molar-refractivity contribution in [2.24, 2.45) is 0 Å². The Bertz CT molecular complexity index is 867. The highest BCUT2D eigenvalue weighted by atomic mass is 35.5. The maximum absolute atomic E-state index is 11.7. The maximum atomic E-state index is 11.7. The second kappa shape index (κ2) is 4.33. The Morgan fingerprint density at radius 1 is 1.00 bits per heavy atom. The van der Waals surface area contributed by atoms with Crippen LogP contribution < -0.4 is 11.2 Å². The number of aromatic amines is 2. The van der Waals surface area contributed by atoms with Gasteiger partial charge in [-0.05, 0) is 18.2 Å². The molecule has 19 heavy (non-hydrogen) atoms. The largest absolute Gasteiger partial charge is 0.327 e. The lowest BCUT2D eigenvalue weighted by Gasteiger charge is -2.01. The number of rotatable bonds is 1. The van der Waals surface area contributed by atoms with E-state index in [4.69, 9.17) is 11.6 Å². The summed E-state index contributed by atoms with van der Waals surface area (Å²) in [5, 5.41) is 8.70. The molecule has 0 bridgehead atoms. The number of hydrogen-bond donors (Lipinski definition) is 2. The fourth-order valence-electron chi connectivity index (χ4n) is 1.73. The van der Waals surface area contributed by atoms with Crippen molar-refractivity contribution in [3.63, 3.8) is 0 Å².